The quantitative estimate of drug-likeness (QED) is 0.817. The maximum absolute atomic E-state index is 13.0. The fraction of sp³-hybridized carbons (Fsp3) is 0.409. The Morgan fingerprint density at radius 1 is 1.00 bits per heavy atom. The minimum Gasteiger partial charge on any atom is -0.336 e. The van der Waals surface area contributed by atoms with Crippen LogP contribution in [0.2, 0.25) is 0 Å². The number of carbonyl (C=O) groups excluding carboxylic acids is 1. The summed E-state index contributed by atoms with van der Waals surface area (Å²) in [6, 6.07) is 17.4. The Labute approximate surface area is 144 Å². The van der Waals surface area contributed by atoms with Crippen molar-refractivity contribution >= 4 is 5.91 Å². The second-order valence-corrected chi connectivity index (χ2v) is 7.16. The van der Waals surface area contributed by atoms with Crippen LogP contribution in [-0.4, -0.2) is 23.4 Å². The van der Waals surface area contributed by atoms with E-state index in [-0.39, 0.29) is 5.91 Å². The summed E-state index contributed by atoms with van der Waals surface area (Å²) in [5, 5.41) is 0. The fourth-order valence-electron chi connectivity index (χ4n) is 4.25. The van der Waals surface area contributed by atoms with Crippen LogP contribution in [0, 0.1) is 0 Å². The van der Waals surface area contributed by atoms with E-state index in [0.717, 1.165) is 44.2 Å². The molecule has 24 heavy (non-hydrogen) atoms. The summed E-state index contributed by atoms with van der Waals surface area (Å²) in [5.41, 5.74) is 5.09. The highest BCUT2D eigenvalue weighted by molar-refractivity contribution is 5.95. The van der Waals surface area contributed by atoms with E-state index < -0.39 is 0 Å². The highest BCUT2D eigenvalue weighted by atomic mass is 16.2. The van der Waals surface area contributed by atoms with E-state index in [2.05, 4.69) is 47.4 Å². The molecule has 1 fully saturated rings. The van der Waals surface area contributed by atoms with E-state index in [1.54, 1.807) is 0 Å². The largest absolute Gasteiger partial charge is 0.336 e. The Kier molecular flexibility index (Phi) is 4.38. The van der Waals surface area contributed by atoms with Crippen LogP contribution in [0.1, 0.15) is 52.7 Å². The Morgan fingerprint density at radius 3 is 2.71 bits per heavy atom. The number of amides is 1. The van der Waals surface area contributed by atoms with Gasteiger partial charge < -0.3 is 4.90 Å². The zero-order valence-corrected chi connectivity index (χ0v) is 14.2. The Hall–Kier alpha value is -2.09. The second-order valence-electron chi connectivity index (χ2n) is 7.16. The third-order valence-electron chi connectivity index (χ3n) is 5.59. The predicted octanol–water partition coefficient (Wildman–Crippen LogP) is 4.41. The average molecular weight is 319 g/mol. The lowest BCUT2D eigenvalue weighted by molar-refractivity contribution is 0.0730. The van der Waals surface area contributed by atoms with Crippen LogP contribution in [0.5, 0.6) is 0 Å². The summed E-state index contributed by atoms with van der Waals surface area (Å²) in [5.74, 6) is 0.236. The minimum atomic E-state index is 0.236. The first kappa shape index (κ1) is 15.4. The van der Waals surface area contributed by atoms with Gasteiger partial charge in [-0.15, -0.1) is 0 Å². The fourth-order valence-corrected chi connectivity index (χ4v) is 4.25. The molecule has 0 unspecified atom stereocenters. The standard InChI is InChI=1S/C22H25NO/c24-22(20-13-12-18-8-4-9-19(18)16-20)23-15-5-10-21(23)14-11-17-6-2-1-3-7-17/h1-3,6-7,12-13,16,21H,4-5,8-11,14-15H2/t21-/m0/s1. The smallest absolute Gasteiger partial charge is 0.254 e. The van der Waals surface area contributed by atoms with Crippen LogP contribution >= 0.6 is 0 Å². The van der Waals surface area contributed by atoms with Gasteiger partial charge in [0.05, 0.1) is 0 Å². The molecule has 0 saturated carbocycles. The number of likely N-dealkylation sites (tertiary alicyclic amines) is 1. The molecule has 0 aromatic heterocycles. The molecule has 1 aliphatic heterocycles. The molecule has 1 aliphatic carbocycles. The third kappa shape index (κ3) is 3.10. The molecular weight excluding hydrogens is 294 g/mol. The topological polar surface area (TPSA) is 20.3 Å². The highest BCUT2D eigenvalue weighted by Crippen LogP contribution is 2.27. The van der Waals surface area contributed by atoms with Crippen molar-refractivity contribution in [2.75, 3.05) is 6.54 Å². The van der Waals surface area contributed by atoms with Crippen molar-refractivity contribution < 1.29 is 4.79 Å². The summed E-state index contributed by atoms with van der Waals surface area (Å²) < 4.78 is 0. The van der Waals surface area contributed by atoms with Crippen molar-refractivity contribution in [2.45, 2.75) is 51.0 Å². The molecule has 1 saturated heterocycles. The van der Waals surface area contributed by atoms with Crippen molar-refractivity contribution in [3.63, 3.8) is 0 Å². The molecule has 0 spiro atoms. The number of rotatable bonds is 4. The lowest BCUT2D eigenvalue weighted by atomic mass is 10.0. The normalized spacial score (nSPS) is 19.5. The van der Waals surface area contributed by atoms with Gasteiger partial charge in [0.1, 0.15) is 0 Å². The molecule has 2 heteroatoms. The maximum Gasteiger partial charge on any atom is 0.254 e. The van der Waals surface area contributed by atoms with Crippen molar-refractivity contribution in [1.29, 1.82) is 0 Å². The molecule has 2 aliphatic rings. The van der Waals surface area contributed by atoms with Gasteiger partial charge in [0.15, 0.2) is 0 Å². The van der Waals surface area contributed by atoms with Crippen molar-refractivity contribution in [1.82, 2.24) is 4.90 Å². The van der Waals surface area contributed by atoms with E-state index in [4.69, 9.17) is 0 Å². The van der Waals surface area contributed by atoms with Crippen molar-refractivity contribution in [3.8, 4) is 0 Å². The Bertz CT molecular complexity index is 722. The lowest BCUT2D eigenvalue weighted by Crippen LogP contribution is -2.35. The van der Waals surface area contributed by atoms with Crippen molar-refractivity contribution in [2.24, 2.45) is 0 Å². The number of hydrogen-bond acceptors (Lipinski definition) is 1. The minimum absolute atomic E-state index is 0.236. The van der Waals surface area contributed by atoms with Gasteiger partial charge in [-0.05, 0) is 73.8 Å². The van der Waals surface area contributed by atoms with Crippen LogP contribution in [-0.2, 0) is 19.3 Å². The first-order valence-corrected chi connectivity index (χ1v) is 9.28. The van der Waals surface area contributed by atoms with E-state index >= 15 is 0 Å². The van der Waals surface area contributed by atoms with E-state index in [9.17, 15) is 4.79 Å². The summed E-state index contributed by atoms with van der Waals surface area (Å²) in [7, 11) is 0. The molecule has 124 valence electrons. The molecule has 0 N–H and O–H groups in total. The predicted molar refractivity (Wildman–Crippen MR) is 97.3 cm³/mol. The number of aryl methyl sites for hydroxylation is 3. The van der Waals surface area contributed by atoms with Crippen LogP contribution in [0.4, 0.5) is 0 Å². The van der Waals surface area contributed by atoms with Crippen LogP contribution in [0.15, 0.2) is 48.5 Å². The van der Waals surface area contributed by atoms with Crippen molar-refractivity contribution in [3.05, 3.63) is 70.8 Å². The molecule has 1 amide bonds. The van der Waals surface area contributed by atoms with E-state index in [1.165, 1.54) is 29.5 Å². The zero-order chi connectivity index (χ0) is 16.4. The summed E-state index contributed by atoms with van der Waals surface area (Å²) in [6.07, 6.45) is 7.94. The van der Waals surface area contributed by atoms with Gasteiger partial charge in [0.25, 0.3) is 5.91 Å². The van der Waals surface area contributed by atoms with Gasteiger partial charge in [-0.2, -0.15) is 0 Å². The summed E-state index contributed by atoms with van der Waals surface area (Å²) in [4.78, 5) is 15.1. The highest BCUT2D eigenvalue weighted by Gasteiger charge is 2.29. The first-order chi connectivity index (χ1) is 11.8. The first-order valence-electron chi connectivity index (χ1n) is 9.28. The summed E-state index contributed by atoms with van der Waals surface area (Å²) >= 11 is 0. The molecule has 1 heterocycles. The average Bonchev–Trinajstić information content (AvgIpc) is 3.28. The van der Waals surface area contributed by atoms with Gasteiger partial charge in [-0.3, -0.25) is 4.79 Å². The number of fused-ring (bicyclic) bond motifs is 1. The maximum atomic E-state index is 13.0. The molecule has 0 bridgehead atoms. The lowest BCUT2D eigenvalue weighted by Gasteiger charge is -2.25. The molecule has 2 aromatic carbocycles. The van der Waals surface area contributed by atoms with Gasteiger partial charge in [-0.25, -0.2) is 0 Å². The molecule has 0 radical (unpaired) electrons. The van der Waals surface area contributed by atoms with Gasteiger partial charge in [-0.1, -0.05) is 36.4 Å². The molecule has 1 atom stereocenters. The van der Waals surface area contributed by atoms with Crippen LogP contribution in [0.25, 0.3) is 0 Å². The second kappa shape index (κ2) is 6.80. The SMILES string of the molecule is O=C(c1ccc2c(c1)CCC2)N1CCC[C@H]1CCc1ccccc1. The van der Waals surface area contributed by atoms with Gasteiger partial charge in [0, 0.05) is 18.2 Å². The molecule has 4 rings (SSSR count). The van der Waals surface area contributed by atoms with Crippen LogP contribution < -0.4 is 0 Å². The number of carbonyl (C=O) groups is 1. The van der Waals surface area contributed by atoms with Gasteiger partial charge in [0.2, 0.25) is 0 Å². The zero-order valence-electron chi connectivity index (χ0n) is 14.2. The number of benzene rings is 2. The monoisotopic (exact) mass is 319 g/mol. The van der Waals surface area contributed by atoms with Gasteiger partial charge >= 0.3 is 0 Å². The third-order valence-corrected chi connectivity index (χ3v) is 5.59. The number of nitrogens with zero attached hydrogens (tertiary/aromatic N) is 1. The van der Waals surface area contributed by atoms with E-state index in [0.29, 0.717) is 6.04 Å². The molecule has 2 nitrogen and oxygen atoms in total. The Balaban J connectivity index is 1.45. The van der Waals surface area contributed by atoms with Crippen LogP contribution in [0.3, 0.4) is 0 Å². The summed E-state index contributed by atoms with van der Waals surface area (Å²) in [6.45, 7) is 0.912. The Morgan fingerprint density at radius 2 is 1.83 bits per heavy atom. The van der Waals surface area contributed by atoms with E-state index in [1.807, 2.05) is 6.07 Å². The molecule has 2 aromatic rings. The molecular formula is C22H25NO. The number of hydrogen-bond donors (Lipinski definition) is 0.